The van der Waals surface area contributed by atoms with E-state index in [4.69, 9.17) is 19.4 Å². The molecule has 0 atom stereocenters. The van der Waals surface area contributed by atoms with Crippen LogP contribution in [0.1, 0.15) is 21.9 Å². The zero-order valence-electron chi connectivity index (χ0n) is 10.2. The van der Waals surface area contributed by atoms with Crippen LogP contribution in [0.25, 0.3) is 0 Å². The van der Waals surface area contributed by atoms with Gasteiger partial charge in [0, 0.05) is 6.61 Å². The molecule has 100 valence electrons. The molecular weight excluding hydrogens is 248 g/mol. The number of furan rings is 1. The van der Waals surface area contributed by atoms with Crippen LogP contribution in [0, 0.1) is 0 Å². The van der Waals surface area contributed by atoms with Crippen LogP contribution in [0.2, 0.25) is 0 Å². The molecule has 2 N–H and O–H groups in total. The van der Waals surface area contributed by atoms with Gasteiger partial charge in [-0.05, 0) is 30.2 Å². The lowest BCUT2D eigenvalue weighted by atomic mass is 10.1. The second kappa shape index (κ2) is 6.06. The van der Waals surface area contributed by atoms with Crippen LogP contribution < -0.4 is 4.74 Å². The lowest BCUT2D eigenvalue weighted by Gasteiger charge is -2.09. The minimum absolute atomic E-state index is 0.0459. The monoisotopic (exact) mass is 262 g/mol. The van der Waals surface area contributed by atoms with Crippen LogP contribution in [0.5, 0.6) is 5.75 Å². The molecule has 1 aromatic carbocycles. The third-order valence-electron chi connectivity index (χ3n) is 2.60. The summed E-state index contributed by atoms with van der Waals surface area (Å²) in [6.07, 6.45) is 0.509. The third-order valence-corrected chi connectivity index (χ3v) is 2.60. The van der Waals surface area contributed by atoms with Gasteiger partial charge in [-0.1, -0.05) is 18.2 Å². The Kier molecular flexibility index (Phi) is 4.20. The number of rotatable bonds is 6. The predicted molar refractivity (Wildman–Crippen MR) is 67.2 cm³/mol. The molecule has 0 radical (unpaired) electrons. The van der Waals surface area contributed by atoms with Gasteiger partial charge in [-0.3, -0.25) is 0 Å². The molecule has 5 heteroatoms. The molecule has 0 aliphatic rings. The number of para-hydroxylation sites is 1. The normalized spacial score (nSPS) is 10.4. The highest BCUT2D eigenvalue weighted by atomic mass is 16.5. The Morgan fingerprint density at radius 2 is 2.00 bits per heavy atom. The number of benzene rings is 1. The Hall–Kier alpha value is -2.27. The summed E-state index contributed by atoms with van der Waals surface area (Å²) >= 11 is 0. The maximum absolute atomic E-state index is 10.7. The molecule has 0 unspecified atom stereocenters. The van der Waals surface area contributed by atoms with Gasteiger partial charge in [0.25, 0.3) is 0 Å². The molecule has 0 bridgehead atoms. The minimum Gasteiger partial charge on any atom is -0.485 e. The van der Waals surface area contributed by atoms with Gasteiger partial charge in [0.05, 0.1) is 0 Å². The third kappa shape index (κ3) is 3.35. The van der Waals surface area contributed by atoms with Crippen molar-refractivity contribution in [3.05, 3.63) is 53.5 Å². The highest BCUT2D eigenvalue weighted by Crippen LogP contribution is 2.20. The fourth-order valence-electron chi connectivity index (χ4n) is 1.69. The summed E-state index contributed by atoms with van der Waals surface area (Å²) in [5.74, 6) is -0.116. The van der Waals surface area contributed by atoms with Crippen molar-refractivity contribution in [3.8, 4) is 5.75 Å². The molecule has 0 spiro atoms. The van der Waals surface area contributed by atoms with Crippen molar-refractivity contribution in [1.82, 2.24) is 0 Å². The van der Waals surface area contributed by atoms with E-state index in [1.807, 2.05) is 18.2 Å². The molecule has 0 saturated carbocycles. The van der Waals surface area contributed by atoms with Crippen molar-refractivity contribution in [2.75, 3.05) is 6.61 Å². The molecule has 0 fully saturated rings. The standard InChI is InChI=1S/C14H14O5/c15-8-7-10-3-1-2-4-12(10)18-9-11-5-6-13(19-11)14(16)17/h1-6,15H,7-9H2,(H,16,17). The minimum atomic E-state index is -1.10. The first-order valence-electron chi connectivity index (χ1n) is 5.84. The Balaban J connectivity index is 2.03. The quantitative estimate of drug-likeness (QED) is 0.833. The summed E-state index contributed by atoms with van der Waals surface area (Å²) in [5, 5.41) is 17.7. The second-order valence-corrected chi connectivity index (χ2v) is 3.94. The van der Waals surface area contributed by atoms with Crippen LogP contribution in [0.4, 0.5) is 0 Å². The Bertz CT molecular complexity index is 558. The smallest absolute Gasteiger partial charge is 0.371 e. The van der Waals surface area contributed by atoms with E-state index >= 15 is 0 Å². The van der Waals surface area contributed by atoms with Crippen LogP contribution in [-0.2, 0) is 13.0 Å². The molecule has 2 rings (SSSR count). The van der Waals surface area contributed by atoms with Gasteiger partial charge < -0.3 is 19.4 Å². The first kappa shape index (κ1) is 13.2. The molecule has 0 saturated heterocycles. The zero-order chi connectivity index (χ0) is 13.7. The lowest BCUT2D eigenvalue weighted by Crippen LogP contribution is -1.99. The van der Waals surface area contributed by atoms with Gasteiger partial charge in [-0.25, -0.2) is 4.79 Å². The van der Waals surface area contributed by atoms with Crippen LogP contribution in [-0.4, -0.2) is 22.8 Å². The van der Waals surface area contributed by atoms with Gasteiger partial charge in [-0.2, -0.15) is 0 Å². The highest BCUT2D eigenvalue weighted by Gasteiger charge is 2.10. The van der Waals surface area contributed by atoms with Crippen LogP contribution in [0.3, 0.4) is 0 Å². The fourth-order valence-corrected chi connectivity index (χ4v) is 1.69. The largest absolute Gasteiger partial charge is 0.485 e. The van der Waals surface area contributed by atoms with Gasteiger partial charge >= 0.3 is 5.97 Å². The number of hydrogen-bond donors (Lipinski definition) is 2. The Morgan fingerprint density at radius 3 is 2.68 bits per heavy atom. The number of hydrogen-bond acceptors (Lipinski definition) is 4. The number of carbonyl (C=O) groups is 1. The maximum atomic E-state index is 10.7. The summed E-state index contributed by atoms with van der Waals surface area (Å²) in [6.45, 7) is 0.194. The molecule has 2 aromatic rings. The molecule has 0 amide bonds. The van der Waals surface area contributed by atoms with Gasteiger partial charge in [-0.15, -0.1) is 0 Å². The van der Waals surface area contributed by atoms with Crippen LogP contribution in [0.15, 0.2) is 40.8 Å². The van der Waals surface area contributed by atoms with Crippen molar-refractivity contribution in [2.45, 2.75) is 13.0 Å². The number of carboxylic acid groups (broad SMARTS) is 1. The van der Waals surface area contributed by atoms with Crippen molar-refractivity contribution in [2.24, 2.45) is 0 Å². The van der Waals surface area contributed by atoms with E-state index in [9.17, 15) is 4.79 Å². The SMILES string of the molecule is O=C(O)c1ccc(COc2ccccc2CCO)o1. The van der Waals surface area contributed by atoms with Crippen molar-refractivity contribution < 1.29 is 24.2 Å². The Morgan fingerprint density at radius 1 is 1.21 bits per heavy atom. The summed E-state index contributed by atoms with van der Waals surface area (Å²) in [5.41, 5.74) is 0.898. The topological polar surface area (TPSA) is 79.9 Å². The van der Waals surface area contributed by atoms with Gasteiger partial charge in [0.1, 0.15) is 18.1 Å². The van der Waals surface area contributed by atoms with E-state index in [1.165, 1.54) is 6.07 Å². The number of ether oxygens (including phenoxy) is 1. The molecule has 0 aliphatic heterocycles. The summed E-state index contributed by atoms with van der Waals surface area (Å²) in [7, 11) is 0. The summed E-state index contributed by atoms with van der Waals surface area (Å²) in [4.78, 5) is 10.7. The number of aliphatic hydroxyl groups is 1. The van der Waals surface area contributed by atoms with Crippen LogP contribution >= 0.6 is 0 Å². The predicted octanol–water partition coefficient (Wildman–Crippen LogP) is 2.09. The highest BCUT2D eigenvalue weighted by molar-refractivity contribution is 5.84. The second-order valence-electron chi connectivity index (χ2n) is 3.94. The first-order chi connectivity index (χ1) is 9.20. The maximum Gasteiger partial charge on any atom is 0.371 e. The molecule has 5 nitrogen and oxygen atoms in total. The molecule has 1 aromatic heterocycles. The molecule has 19 heavy (non-hydrogen) atoms. The van der Waals surface area contributed by atoms with E-state index in [0.717, 1.165) is 5.56 Å². The van der Waals surface area contributed by atoms with Crippen molar-refractivity contribution in [3.63, 3.8) is 0 Å². The van der Waals surface area contributed by atoms with E-state index < -0.39 is 5.97 Å². The van der Waals surface area contributed by atoms with Crippen molar-refractivity contribution in [1.29, 1.82) is 0 Å². The summed E-state index contributed by atoms with van der Waals surface area (Å²) < 4.78 is 10.7. The van der Waals surface area contributed by atoms with Gasteiger partial charge in [0.2, 0.25) is 5.76 Å². The van der Waals surface area contributed by atoms with Gasteiger partial charge in [0.15, 0.2) is 0 Å². The molecule has 0 aliphatic carbocycles. The van der Waals surface area contributed by atoms with Crippen molar-refractivity contribution >= 4 is 5.97 Å². The number of aromatic carboxylic acids is 1. The number of carboxylic acids is 1. The van der Waals surface area contributed by atoms with E-state index in [1.54, 1.807) is 12.1 Å². The Labute approximate surface area is 110 Å². The average Bonchev–Trinajstić information content (AvgIpc) is 2.87. The average molecular weight is 262 g/mol. The van der Waals surface area contributed by atoms with E-state index in [2.05, 4.69) is 0 Å². The van der Waals surface area contributed by atoms with E-state index in [0.29, 0.717) is 17.9 Å². The lowest BCUT2D eigenvalue weighted by molar-refractivity contribution is 0.0658. The summed E-state index contributed by atoms with van der Waals surface area (Å²) in [6, 6.07) is 10.3. The van der Waals surface area contributed by atoms with E-state index in [-0.39, 0.29) is 19.0 Å². The zero-order valence-corrected chi connectivity index (χ0v) is 10.2. The molecular formula is C14H14O5. The number of aliphatic hydroxyl groups excluding tert-OH is 1. The fraction of sp³-hybridized carbons (Fsp3) is 0.214. The first-order valence-corrected chi connectivity index (χ1v) is 5.84. The molecule has 1 heterocycles.